The second kappa shape index (κ2) is 7.44. The molecule has 9 heteroatoms. The molecule has 7 nitrogen and oxygen atoms in total. The number of amides is 3. The third-order valence-corrected chi connectivity index (χ3v) is 6.30. The lowest BCUT2D eigenvalue weighted by molar-refractivity contribution is -0.139. The Hall–Kier alpha value is -1.80. The number of halogens is 1. The van der Waals surface area contributed by atoms with Crippen LogP contribution >= 0.6 is 11.6 Å². The molecule has 0 saturated carbocycles. The van der Waals surface area contributed by atoms with E-state index in [1.807, 2.05) is 32.4 Å². The number of likely N-dealkylation sites (tertiary alicyclic amines) is 1. The van der Waals surface area contributed by atoms with E-state index in [2.05, 4.69) is 5.32 Å². The van der Waals surface area contributed by atoms with Crippen LogP contribution in [0.4, 0.5) is 10.5 Å². The summed E-state index contributed by atoms with van der Waals surface area (Å²) in [5, 5.41) is 2.20. The summed E-state index contributed by atoms with van der Waals surface area (Å²) in [7, 11) is -2.59. The van der Waals surface area contributed by atoms with Crippen LogP contribution < -0.4 is 10.0 Å². The van der Waals surface area contributed by atoms with Crippen LogP contribution in [0.25, 0.3) is 0 Å². The van der Waals surface area contributed by atoms with Crippen LogP contribution in [0.3, 0.4) is 0 Å². The second-order valence-electron chi connectivity index (χ2n) is 7.03. The quantitative estimate of drug-likeness (QED) is 0.740. The highest BCUT2D eigenvalue weighted by Crippen LogP contribution is 2.35. The van der Waals surface area contributed by atoms with E-state index in [1.54, 1.807) is 12.1 Å². The van der Waals surface area contributed by atoms with Crippen LogP contribution in [0.15, 0.2) is 12.1 Å². The fourth-order valence-electron chi connectivity index (χ4n) is 2.84. The maximum absolute atomic E-state index is 12.4. The van der Waals surface area contributed by atoms with Crippen molar-refractivity contribution in [2.45, 2.75) is 51.3 Å². The SMILES string of the molecule is CC(C)c1cc(Cl)cc(C(C)C)c1NC(=O)NS(=O)(=O)C1CC(=O)N1C. The van der Waals surface area contributed by atoms with E-state index in [0.29, 0.717) is 10.7 Å². The zero-order valence-electron chi connectivity index (χ0n) is 15.5. The van der Waals surface area contributed by atoms with Gasteiger partial charge in [0.15, 0.2) is 5.37 Å². The fraction of sp³-hybridized carbons (Fsp3) is 0.529. The Morgan fingerprint density at radius 1 is 1.19 bits per heavy atom. The molecule has 2 N–H and O–H groups in total. The topological polar surface area (TPSA) is 95.6 Å². The molecule has 0 spiro atoms. The molecule has 1 unspecified atom stereocenters. The molecule has 0 aromatic heterocycles. The minimum Gasteiger partial charge on any atom is -0.327 e. The number of nitrogens with zero attached hydrogens (tertiary/aromatic N) is 1. The molecule has 3 amide bonds. The Bertz CT molecular complexity index is 807. The molecule has 0 radical (unpaired) electrons. The van der Waals surface area contributed by atoms with E-state index in [-0.39, 0.29) is 24.2 Å². The monoisotopic (exact) mass is 401 g/mol. The van der Waals surface area contributed by atoms with E-state index in [1.165, 1.54) is 7.05 Å². The van der Waals surface area contributed by atoms with Crippen molar-refractivity contribution < 1.29 is 18.0 Å². The van der Waals surface area contributed by atoms with E-state index in [4.69, 9.17) is 11.6 Å². The predicted molar refractivity (Wildman–Crippen MR) is 102 cm³/mol. The number of rotatable bonds is 5. The summed E-state index contributed by atoms with van der Waals surface area (Å²) in [5.74, 6) is -0.121. The van der Waals surface area contributed by atoms with Gasteiger partial charge in [-0.1, -0.05) is 39.3 Å². The maximum Gasteiger partial charge on any atom is 0.332 e. The van der Waals surface area contributed by atoms with Crippen LogP contribution in [0.1, 0.15) is 57.1 Å². The largest absolute Gasteiger partial charge is 0.332 e. The lowest BCUT2D eigenvalue weighted by Crippen LogP contribution is -2.58. The number of urea groups is 1. The Morgan fingerprint density at radius 2 is 1.69 bits per heavy atom. The van der Waals surface area contributed by atoms with E-state index in [0.717, 1.165) is 16.0 Å². The number of benzene rings is 1. The van der Waals surface area contributed by atoms with Gasteiger partial charge in [0.05, 0.1) is 6.42 Å². The summed E-state index contributed by atoms with van der Waals surface area (Å²) in [5.41, 5.74) is 2.21. The van der Waals surface area contributed by atoms with Gasteiger partial charge in [-0.05, 0) is 35.1 Å². The third-order valence-electron chi connectivity index (χ3n) is 4.41. The molecule has 1 aliphatic heterocycles. The molecular formula is C17H24ClN3O4S. The minimum absolute atomic E-state index is 0.0773. The molecule has 1 aromatic carbocycles. The molecule has 2 rings (SSSR count). The molecule has 0 aliphatic carbocycles. The van der Waals surface area contributed by atoms with Gasteiger partial charge in [0.2, 0.25) is 5.91 Å². The average molecular weight is 402 g/mol. The predicted octanol–water partition coefficient (Wildman–Crippen LogP) is 3.23. The number of carbonyl (C=O) groups excluding carboxylic acids is 2. The smallest absolute Gasteiger partial charge is 0.327 e. The molecule has 1 fully saturated rings. The number of hydrogen-bond acceptors (Lipinski definition) is 4. The highest BCUT2D eigenvalue weighted by atomic mass is 35.5. The number of nitrogens with one attached hydrogen (secondary N) is 2. The molecule has 0 bridgehead atoms. The molecular weight excluding hydrogens is 378 g/mol. The molecule has 1 heterocycles. The highest BCUT2D eigenvalue weighted by molar-refractivity contribution is 7.90. The lowest BCUT2D eigenvalue weighted by atomic mass is 9.92. The summed E-state index contributed by atoms with van der Waals surface area (Å²) in [6, 6.07) is 2.67. The Labute approximate surface area is 159 Å². The normalized spacial score (nSPS) is 17.5. The van der Waals surface area contributed by atoms with Crippen molar-refractivity contribution in [3.05, 3.63) is 28.3 Å². The molecule has 26 heavy (non-hydrogen) atoms. The van der Waals surface area contributed by atoms with Gasteiger partial charge < -0.3 is 10.2 Å². The maximum atomic E-state index is 12.4. The summed E-state index contributed by atoms with van der Waals surface area (Å²) in [4.78, 5) is 24.7. The van der Waals surface area contributed by atoms with Crippen molar-refractivity contribution in [3.63, 3.8) is 0 Å². The van der Waals surface area contributed by atoms with E-state index >= 15 is 0 Å². The third kappa shape index (κ3) is 4.12. The van der Waals surface area contributed by atoms with Crippen LogP contribution in [-0.2, 0) is 14.8 Å². The molecule has 1 aromatic rings. The van der Waals surface area contributed by atoms with Crippen molar-refractivity contribution in [2.24, 2.45) is 0 Å². The number of sulfonamides is 1. The summed E-state index contributed by atoms with van der Waals surface area (Å²) < 4.78 is 26.5. The average Bonchev–Trinajstić information content (AvgIpc) is 2.52. The Balaban J connectivity index is 2.27. The molecule has 1 aliphatic rings. The van der Waals surface area contributed by atoms with Crippen molar-refractivity contribution in [2.75, 3.05) is 12.4 Å². The van der Waals surface area contributed by atoms with Gasteiger partial charge >= 0.3 is 6.03 Å². The Kier molecular flexibility index (Phi) is 5.87. The first-order valence-electron chi connectivity index (χ1n) is 8.35. The number of anilines is 1. The van der Waals surface area contributed by atoms with Crippen molar-refractivity contribution >= 4 is 39.2 Å². The van der Waals surface area contributed by atoms with Gasteiger partial charge in [0.1, 0.15) is 0 Å². The van der Waals surface area contributed by atoms with Crippen molar-refractivity contribution in [1.29, 1.82) is 0 Å². The van der Waals surface area contributed by atoms with Crippen LogP contribution in [0, 0.1) is 0 Å². The first-order chi connectivity index (χ1) is 11.9. The van der Waals surface area contributed by atoms with Gasteiger partial charge in [-0.3, -0.25) is 4.79 Å². The summed E-state index contributed by atoms with van der Waals surface area (Å²) >= 11 is 6.19. The summed E-state index contributed by atoms with van der Waals surface area (Å²) in [6.07, 6.45) is -0.130. The van der Waals surface area contributed by atoms with Gasteiger partial charge in [-0.2, -0.15) is 0 Å². The summed E-state index contributed by atoms with van der Waals surface area (Å²) in [6.45, 7) is 7.85. The lowest BCUT2D eigenvalue weighted by Gasteiger charge is -2.36. The van der Waals surface area contributed by atoms with Crippen LogP contribution in [0.2, 0.25) is 5.02 Å². The van der Waals surface area contributed by atoms with Gasteiger partial charge in [-0.25, -0.2) is 17.9 Å². The minimum atomic E-state index is -3.98. The van der Waals surface area contributed by atoms with E-state index < -0.39 is 21.4 Å². The number of β-lactam (4-membered cyclic amide) rings is 1. The van der Waals surface area contributed by atoms with Crippen LogP contribution in [-0.4, -0.2) is 37.7 Å². The zero-order valence-corrected chi connectivity index (χ0v) is 17.0. The molecule has 144 valence electrons. The Morgan fingerprint density at radius 3 is 2.08 bits per heavy atom. The standard InChI is InChI=1S/C17H24ClN3O4S/c1-9(2)12-6-11(18)7-13(10(3)4)16(12)19-17(23)20-26(24,25)15-8-14(22)21(15)5/h6-7,9-10,15H,8H2,1-5H3,(H2,19,20,23). The van der Waals surface area contributed by atoms with E-state index in [9.17, 15) is 18.0 Å². The highest BCUT2D eigenvalue weighted by Gasteiger charge is 2.43. The van der Waals surface area contributed by atoms with Gasteiger partial charge in [-0.15, -0.1) is 0 Å². The first kappa shape index (κ1) is 20.5. The first-order valence-corrected chi connectivity index (χ1v) is 10.3. The van der Waals surface area contributed by atoms with Gasteiger partial charge in [0, 0.05) is 17.8 Å². The van der Waals surface area contributed by atoms with Crippen molar-refractivity contribution in [3.8, 4) is 0 Å². The van der Waals surface area contributed by atoms with Crippen molar-refractivity contribution in [1.82, 2.24) is 9.62 Å². The van der Waals surface area contributed by atoms with Crippen LogP contribution in [0.5, 0.6) is 0 Å². The zero-order chi connectivity index (χ0) is 19.8. The fourth-order valence-corrected chi connectivity index (χ4v) is 4.41. The number of hydrogen-bond donors (Lipinski definition) is 2. The second-order valence-corrected chi connectivity index (χ2v) is 9.31. The molecule has 1 saturated heterocycles. The molecule has 1 atom stereocenters. The van der Waals surface area contributed by atoms with Gasteiger partial charge in [0.25, 0.3) is 10.0 Å². The number of carbonyl (C=O) groups is 2.